The molecule has 1 aromatic carbocycles. The van der Waals surface area contributed by atoms with Crippen LogP contribution >= 0.6 is 0 Å². The molecule has 4 rings (SSSR count). The highest BCUT2D eigenvalue weighted by Crippen LogP contribution is 2.45. The zero-order chi connectivity index (χ0) is 23.4. The van der Waals surface area contributed by atoms with Gasteiger partial charge in [0, 0.05) is 31.7 Å². The van der Waals surface area contributed by atoms with Crippen LogP contribution in [-0.4, -0.2) is 48.1 Å². The van der Waals surface area contributed by atoms with E-state index in [0.717, 1.165) is 18.5 Å². The van der Waals surface area contributed by atoms with Crippen molar-refractivity contribution in [3.8, 4) is 5.75 Å². The van der Waals surface area contributed by atoms with Crippen LogP contribution in [0, 0.1) is 11.3 Å². The largest absolute Gasteiger partial charge is 0.492 e. The van der Waals surface area contributed by atoms with Gasteiger partial charge in [-0.25, -0.2) is 9.59 Å². The normalized spacial score (nSPS) is 21.0. The van der Waals surface area contributed by atoms with Gasteiger partial charge in [-0.05, 0) is 36.3 Å². The number of urea groups is 1. The molecule has 11 nitrogen and oxygen atoms in total. The first kappa shape index (κ1) is 22.0. The quantitative estimate of drug-likeness (QED) is 0.443. The number of nitrogen functional groups attached to an aromatic ring is 1. The molecule has 1 saturated carbocycles. The second-order valence-corrected chi connectivity index (χ2v) is 9.46. The van der Waals surface area contributed by atoms with Gasteiger partial charge in [0.2, 0.25) is 0 Å². The Hall–Kier alpha value is -3.21. The summed E-state index contributed by atoms with van der Waals surface area (Å²) >= 11 is 0. The number of methoxy groups -OCH3 is 1. The minimum absolute atomic E-state index is 0.000568. The van der Waals surface area contributed by atoms with E-state index in [1.807, 2.05) is 6.07 Å². The molecule has 2 amide bonds. The molecule has 2 aromatic rings. The number of carbonyl (C=O) groups excluding carboxylic acids is 1. The van der Waals surface area contributed by atoms with E-state index in [-0.39, 0.29) is 30.0 Å². The van der Waals surface area contributed by atoms with Gasteiger partial charge in [0.25, 0.3) is 5.56 Å². The SMILES string of the molecule is COc1c(N2CC(C(N)CNC(N)=O)C(C)(C)C2)ccc2c(=O)n(N)c(=O)n(C3CC3)c12. The van der Waals surface area contributed by atoms with Crippen LogP contribution in [0.4, 0.5) is 10.5 Å². The molecule has 174 valence electrons. The first-order valence-corrected chi connectivity index (χ1v) is 10.7. The van der Waals surface area contributed by atoms with E-state index in [1.54, 1.807) is 10.6 Å². The number of rotatable bonds is 6. The molecule has 0 radical (unpaired) electrons. The van der Waals surface area contributed by atoms with Crippen molar-refractivity contribution in [2.45, 2.75) is 38.8 Å². The van der Waals surface area contributed by atoms with E-state index >= 15 is 0 Å². The fourth-order valence-corrected chi connectivity index (χ4v) is 4.94. The molecule has 1 saturated heterocycles. The molecule has 1 aliphatic carbocycles. The summed E-state index contributed by atoms with van der Waals surface area (Å²) < 4.78 is 8.04. The molecular formula is C21H31N7O4. The highest BCUT2D eigenvalue weighted by Gasteiger charge is 2.43. The number of nitrogens with one attached hydrogen (secondary N) is 1. The number of primary amides is 1. The van der Waals surface area contributed by atoms with Gasteiger partial charge in [-0.3, -0.25) is 9.36 Å². The molecule has 1 aromatic heterocycles. The van der Waals surface area contributed by atoms with Crippen LogP contribution in [0.3, 0.4) is 0 Å². The lowest BCUT2D eigenvalue weighted by molar-refractivity contribution is 0.231. The third-order valence-corrected chi connectivity index (χ3v) is 6.72. The summed E-state index contributed by atoms with van der Waals surface area (Å²) in [4.78, 5) is 38.8. The number of carbonyl (C=O) groups is 1. The third-order valence-electron chi connectivity index (χ3n) is 6.72. The van der Waals surface area contributed by atoms with Gasteiger partial charge >= 0.3 is 11.7 Å². The lowest BCUT2D eigenvalue weighted by atomic mass is 9.78. The summed E-state index contributed by atoms with van der Waals surface area (Å²) in [5.74, 6) is 6.31. The van der Waals surface area contributed by atoms with Crippen molar-refractivity contribution in [1.29, 1.82) is 0 Å². The number of nitrogens with two attached hydrogens (primary N) is 3. The van der Waals surface area contributed by atoms with Crippen LogP contribution < -0.4 is 43.5 Å². The summed E-state index contributed by atoms with van der Waals surface area (Å²) in [7, 11) is 1.54. The summed E-state index contributed by atoms with van der Waals surface area (Å²) in [6, 6.07) is 2.64. The highest BCUT2D eigenvalue weighted by molar-refractivity contribution is 5.91. The molecule has 2 aliphatic rings. The Labute approximate surface area is 185 Å². The molecule has 2 fully saturated rings. The van der Waals surface area contributed by atoms with Crippen molar-refractivity contribution in [3.05, 3.63) is 33.0 Å². The van der Waals surface area contributed by atoms with Crippen molar-refractivity contribution < 1.29 is 9.53 Å². The van der Waals surface area contributed by atoms with Crippen LogP contribution in [0.25, 0.3) is 10.9 Å². The van der Waals surface area contributed by atoms with E-state index in [9.17, 15) is 14.4 Å². The van der Waals surface area contributed by atoms with Crippen LogP contribution in [0.2, 0.25) is 0 Å². The lowest BCUT2D eigenvalue weighted by Gasteiger charge is -2.30. The van der Waals surface area contributed by atoms with Gasteiger partial charge in [-0.15, -0.1) is 0 Å². The number of ether oxygens (including phenoxy) is 1. The lowest BCUT2D eigenvalue weighted by Crippen LogP contribution is -2.47. The number of fused-ring (bicyclic) bond motifs is 1. The molecule has 0 spiro atoms. The summed E-state index contributed by atoms with van der Waals surface area (Å²) in [6.07, 6.45) is 1.70. The van der Waals surface area contributed by atoms with Crippen LogP contribution in [0.1, 0.15) is 32.7 Å². The maximum atomic E-state index is 12.8. The molecule has 2 atom stereocenters. The summed E-state index contributed by atoms with van der Waals surface area (Å²) in [5, 5.41) is 2.93. The Bertz CT molecular complexity index is 1180. The van der Waals surface area contributed by atoms with E-state index < -0.39 is 17.3 Å². The molecule has 32 heavy (non-hydrogen) atoms. The van der Waals surface area contributed by atoms with E-state index in [1.165, 1.54) is 7.11 Å². The Kier molecular flexibility index (Phi) is 5.32. The smallest absolute Gasteiger partial charge is 0.350 e. The second-order valence-electron chi connectivity index (χ2n) is 9.46. The van der Waals surface area contributed by atoms with Gasteiger partial charge in [-0.2, -0.15) is 4.68 Å². The minimum Gasteiger partial charge on any atom is -0.492 e. The van der Waals surface area contributed by atoms with Gasteiger partial charge in [0.15, 0.2) is 5.75 Å². The maximum Gasteiger partial charge on any atom is 0.350 e. The van der Waals surface area contributed by atoms with Crippen molar-refractivity contribution in [2.24, 2.45) is 22.8 Å². The Morgan fingerprint density at radius 3 is 2.59 bits per heavy atom. The summed E-state index contributed by atoms with van der Waals surface area (Å²) in [6.45, 7) is 5.85. The second kappa shape index (κ2) is 7.73. The van der Waals surface area contributed by atoms with E-state index in [4.69, 9.17) is 22.0 Å². The Balaban J connectivity index is 1.80. The number of nitrogens with zero attached hydrogens (tertiary/aromatic N) is 3. The average Bonchev–Trinajstić information content (AvgIpc) is 3.52. The van der Waals surface area contributed by atoms with Crippen LogP contribution in [-0.2, 0) is 0 Å². The molecule has 11 heteroatoms. The number of aromatic nitrogens is 2. The molecule has 0 bridgehead atoms. The van der Waals surface area contributed by atoms with E-state index in [2.05, 4.69) is 24.1 Å². The van der Waals surface area contributed by atoms with Crippen molar-refractivity contribution >= 4 is 22.6 Å². The average molecular weight is 446 g/mol. The minimum atomic E-state index is -0.604. The van der Waals surface area contributed by atoms with Crippen molar-refractivity contribution in [1.82, 2.24) is 14.6 Å². The number of benzene rings is 1. The molecular weight excluding hydrogens is 414 g/mol. The van der Waals surface area contributed by atoms with Crippen LogP contribution in [0.5, 0.6) is 5.75 Å². The zero-order valence-electron chi connectivity index (χ0n) is 18.6. The predicted molar refractivity (Wildman–Crippen MR) is 122 cm³/mol. The Morgan fingerprint density at radius 1 is 1.31 bits per heavy atom. The van der Waals surface area contributed by atoms with Gasteiger partial charge in [-0.1, -0.05) is 13.8 Å². The van der Waals surface area contributed by atoms with Crippen LogP contribution in [0.15, 0.2) is 21.7 Å². The first-order chi connectivity index (χ1) is 15.1. The highest BCUT2D eigenvalue weighted by atomic mass is 16.5. The topological polar surface area (TPSA) is 164 Å². The third kappa shape index (κ3) is 3.56. The Morgan fingerprint density at radius 2 is 2.00 bits per heavy atom. The fraction of sp³-hybridized carbons (Fsp3) is 0.571. The van der Waals surface area contributed by atoms with Gasteiger partial charge in [0.05, 0.1) is 18.2 Å². The molecule has 2 heterocycles. The number of hydrogen-bond acceptors (Lipinski definition) is 7. The molecule has 2 unspecified atom stereocenters. The number of anilines is 1. The van der Waals surface area contributed by atoms with Gasteiger partial charge in [0.1, 0.15) is 5.52 Å². The first-order valence-electron chi connectivity index (χ1n) is 10.7. The molecule has 7 N–H and O–H groups in total. The van der Waals surface area contributed by atoms with Gasteiger partial charge < -0.3 is 32.3 Å². The standard InChI is InChI=1S/C21H31N7O4/c1-21(2)10-26(9-13(21)14(22)8-25-19(23)30)15-7-6-12-16(17(15)32-3)27(11-4-5-11)20(31)28(24)18(12)29/h6-7,11,13-14H,4-5,8-10,22,24H2,1-3H3,(H3,23,25,30). The number of amides is 2. The fourth-order valence-electron chi connectivity index (χ4n) is 4.94. The van der Waals surface area contributed by atoms with Crippen molar-refractivity contribution in [3.63, 3.8) is 0 Å². The maximum absolute atomic E-state index is 12.8. The summed E-state index contributed by atoms with van der Waals surface area (Å²) in [5.41, 5.74) is 11.6. The van der Waals surface area contributed by atoms with E-state index in [0.29, 0.717) is 34.4 Å². The monoisotopic (exact) mass is 445 g/mol. The predicted octanol–water partition coefficient (Wildman–Crippen LogP) is -0.321. The van der Waals surface area contributed by atoms with Crippen molar-refractivity contribution in [2.75, 3.05) is 37.5 Å². The number of hydrogen-bond donors (Lipinski definition) is 4. The zero-order valence-corrected chi connectivity index (χ0v) is 18.6. The molecule has 1 aliphatic heterocycles.